The van der Waals surface area contributed by atoms with Gasteiger partial charge in [-0.3, -0.25) is 0 Å². The zero-order valence-corrected chi connectivity index (χ0v) is 8.51. The average molecular weight is 279 g/mol. The van der Waals surface area contributed by atoms with Gasteiger partial charge in [0, 0.05) is 0 Å². The summed E-state index contributed by atoms with van der Waals surface area (Å²) in [6.45, 7) is -2.60. The zero-order chi connectivity index (χ0) is 12.3. The minimum atomic E-state index is -4.19. The van der Waals surface area contributed by atoms with Crippen LogP contribution in [0.15, 0.2) is 0 Å². The van der Waals surface area contributed by atoms with E-state index >= 15 is 0 Å². The molecule has 0 aliphatic rings. The molecule has 9 heteroatoms. The Bertz CT molecular complexity index is 171. The van der Waals surface area contributed by atoms with Gasteiger partial charge in [-0.25, -0.2) is 8.78 Å². The van der Waals surface area contributed by atoms with Crippen LogP contribution >= 0.6 is 23.2 Å². The van der Waals surface area contributed by atoms with Crippen molar-refractivity contribution in [1.82, 2.24) is 0 Å². The highest BCUT2D eigenvalue weighted by molar-refractivity contribution is 6.22. The van der Waals surface area contributed by atoms with Crippen molar-refractivity contribution in [1.29, 1.82) is 0 Å². The van der Waals surface area contributed by atoms with E-state index in [1.165, 1.54) is 0 Å². The third-order valence-electron chi connectivity index (χ3n) is 1.24. The molecule has 0 rings (SSSR count). The summed E-state index contributed by atoms with van der Waals surface area (Å²) in [6, 6.07) is 0. The van der Waals surface area contributed by atoms with Gasteiger partial charge >= 0.3 is 10.8 Å². The molecule has 0 amide bonds. The monoisotopic (exact) mass is 278 g/mol. The zero-order valence-electron chi connectivity index (χ0n) is 7.00. The molecule has 15 heavy (non-hydrogen) atoms. The molecular weight excluding hydrogens is 273 g/mol. The minimum Gasteiger partial charge on any atom is -0.375 e. The molecule has 0 aromatic heterocycles. The SMILES string of the molecule is FC(COCC(F)C(F)(F)Cl)C(F)(F)Cl. The summed E-state index contributed by atoms with van der Waals surface area (Å²) in [7, 11) is 0. The number of hydrogen-bond donors (Lipinski definition) is 0. The smallest absolute Gasteiger partial charge is 0.354 e. The van der Waals surface area contributed by atoms with Gasteiger partial charge in [0.05, 0.1) is 13.2 Å². The lowest BCUT2D eigenvalue weighted by atomic mass is 10.4. The Morgan fingerprint density at radius 3 is 1.33 bits per heavy atom. The second kappa shape index (κ2) is 5.45. The standard InChI is InChI=1S/C6H6Cl2F6O/c7-5(11,12)3(9)1-15-2-4(10)6(8,13)14/h3-4H,1-2H2. The third kappa shape index (κ3) is 6.32. The first-order valence-corrected chi connectivity index (χ1v) is 4.30. The Hall–Kier alpha value is 0.120. The van der Waals surface area contributed by atoms with Gasteiger partial charge in [-0.15, -0.1) is 0 Å². The minimum absolute atomic E-state index is 1.30. The predicted octanol–water partition coefficient (Wildman–Crippen LogP) is 3.34. The van der Waals surface area contributed by atoms with Crippen molar-refractivity contribution >= 4 is 23.2 Å². The Morgan fingerprint density at radius 2 is 1.13 bits per heavy atom. The summed E-state index contributed by atoms with van der Waals surface area (Å²) in [6.07, 6.45) is -5.81. The van der Waals surface area contributed by atoms with E-state index in [1.54, 1.807) is 0 Å². The van der Waals surface area contributed by atoms with E-state index in [-0.39, 0.29) is 0 Å². The van der Waals surface area contributed by atoms with Crippen molar-refractivity contribution in [2.24, 2.45) is 0 Å². The Labute approximate surface area is 91.3 Å². The van der Waals surface area contributed by atoms with E-state index in [4.69, 9.17) is 0 Å². The van der Waals surface area contributed by atoms with Crippen LogP contribution < -0.4 is 0 Å². The van der Waals surface area contributed by atoms with Crippen LogP contribution in [-0.4, -0.2) is 36.3 Å². The van der Waals surface area contributed by atoms with Gasteiger partial charge < -0.3 is 4.74 Å². The van der Waals surface area contributed by atoms with E-state index in [2.05, 4.69) is 27.9 Å². The molecule has 1 nitrogen and oxygen atoms in total. The number of hydrogen-bond acceptors (Lipinski definition) is 1. The lowest BCUT2D eigenvalue weighted by Crippen LogP contribution is -2.32. The van der Waals surface area contributed by atoms with Crippen LogP contribution in [0.1, 0.15) is 0 Å². The van der Waals surface area contributed by atoms with E-state index in [0.29, 0.717) is 0 Å². The number of halogens is 8. The molecule has 0 aromatic carbocycles. The molecule has 0 aliphatic carbocycles. The first kappa shape index (κ1) is 15.1. The normalized spacial score (nSPS) is 17.6. The number of rotatable bonds is 6. The fourth-order valence-electron chi connectivity index (χ4n) is 0.464. The molecule has 0 saturated heterocycles. The molecule has 0 saturated carbocycles. The highest BCUT2D eigenvalue weighted by atomic mass is 35.5. The van der Waals surface area contributed by atoms with E-state index in [0.717, 1.165) is 0 Å². The van der Waals surface area contributed by atoms with Crippen molar-refractivity contribution in [2.45, 2.75) is 23.1 Å². The highest BCUT2D eigenvalue weighted by Gasteiger charge is 2.40. The fourth-order valence-corrected chi connectivity index (χ4v) is 0.590. The molecule has 0 bridgehead atoms. The Morgan fingerprint density at radius 1 is 0.867 bits per heavy atom. The maximum Gasteiger partial charge on any atom is 0.354 e. The molecule has 0 fully saturated rings. The molecule has 0 N–H and O–H groups in total. The van der Waals surface area contributed by atoms with Gasteiger partial charge in [0.2, 0.25) is 12.3 Å². The lowest BCUT2D eigenvalue weighted by molar-refractivity contribution is -0.0740. The van der Waals surface area contributed by atoms with Crippen LogP contribution in [0.25, 0.3) is 0 Å². The molecule has 92 valence electrons. The molecule has 0 aromatic rings. The van der Waals surface area contributed by atoms with Crippen LogP contribution in [0.5, 0.6) is 0 Å². The first-order valence-electron chi connectivity index (χ1n) is 3.54. The van der Waals surface area contributed by atoms with Gasteiger partial charge in [0.1, 0.15) is 0 Å². The first-order chi connectivity index (χ1) is 6.55. The van der Waals surface area contributed by atoms with Crippen molar-refractivity contribution in [3.8, 4) is 0 Å². The molecule has 2 atom stereocenters. The van der Waals surface area contributed by atoms with Gasteiger partial charge in [-0.05, 0) is 23.2 Å². The van der Waals surface area contributed by atoms with Gasteiger partial charge in [-0.2, -0.15) is 17.6 Å². The summed E-state index contributed by atoms with van der Waals surface area (Å²) in [5, 5.41) is -8.37. The predicted molar refractivity (Wildman–Crippen MR) is 42.2 cm³/mol. The number of alkyl halides is 8. The Balaban J connectivity index is 3.81. The van der Waals surface area contributed by atoms with E-state index in [9.17, 15) is 26.3 Å². The molecule has 2 unspecified atom stereocenters. The molecule has 0 heterocycles. The maximum absolute atomic E-state index is 12.3. The van der Waals surface area contributed by atoms with Crippen molar-refractivity contribution in [3.63, 3.8) is 0 Å². The van der Waals surface area contributed by atoms with Crippen LogP contribution in [0, 0.1) is 0 Å². The fraction of sp³-hybridized carbons (Fsp3) is 1.00. The molecule has 0 aliphatic heterocycles. The second-order valence-electron chi connectivity index (χ2n) is 2.56. The maximum atomic E-state index is 12.3. The van der Waals surface area contributed by atoms with Crippen LogP contribution in [0.2, 0.25) is 0 Å². The van der Waals surface area contributed by atoms with Crippen LogP contribution in [0.4, 0.5) is 26.3 Å². The largest absolute Gasteiger partial charge is 0.375 e. The van der Waals surface area contributed by atoms with E-state index in [1.807, 2.05) is 0 Å². The van der Waals surface area contributed by atoms with Crippen LogP contribution in [-0.2, 0) is 4.74 Å². The van der Waals surface area contributed by atoms with Gasteiger partial charge in [0.15, 0.2) is 0 Å². The third-order valence-corrected chi connectivity index (χ3v) is 1.71. The summed E-state index contributed by atoms with van der Waals surface area (Å²) >= 11 is 8.47. The summed E-state index contributed by atoms with van der Waals surface area (Å²) in [5.41, 5.74) is 0. The van der Waals surface area contributed by atoms with E-state index < -0.39 is 36.3 Å². The van der Waals surface area contributed by atoms with Crippen LogP contribution in [0.3, 0.4) is 0 Å². The molecule has 0 spiro atoms. The molecule has 0 radical (unpaired) electrons. The van der Waals surface area contributed by atoms with Crippen molar-refractivity contribution < 1.29 is 31.1 Å². The molecular formula is C6H6Cl2F6O. The highest BCUT2D eigenvalue weighted by Crippen LogP contribution is 2.28. The average Bonchev–Trinajstić information content (AvgIpc) is 2.00. The Kier molecular flexibility index (Phi) is 5.49. The second-order valence-corrected chi connectivity index (χ2v) is 3.56. The topological polar surface area (TPSA) is 9.23 Å². The van der Waals surface area contributed by atoms with Gasteiger partial charge in [-0.1, -0.05) is 0 Å². The number of ether oxygens (including phenoxy) is 1. The lowest BCUT2D eigenvalue weighted by Gasteiger charge is -2.16. The summed E-state index contributed by atoms with van der Waals surface area (Å²) in [5.74, 6) is 0. The van der Waals surface area contributed by atoms with Crippen molar-refractivity contribution in [2.75, 3.05) is 13.2 Å². The summed E-state index contributed by atoms with van der Waals surface area (Å²) in [4.78, 5) is 0. The van der Waals surface area contributed by atoms with Crippen molar-refractivity contribution in [3.05, 3.63) is 0 Å². The van der Waals surface area contributed by atoms with Gasteiger partial charge in [0.25, 0.3) is 0 Å². The quantitative estimate of drug-likeness (QED) is 0.535. The summed E-state index contributed by atoms with van der Waals surface area (Å²) < 4.78 is 76.2.